The Labute approximate surface area is 152 Å². The number of carboxylic acids is 1. The van der Waals surface area contributed by atoms with Gasteiger partial charge in [-0.15, -0.1) is 0 Å². The highest BCUT2D eigenvalue weighted by molar-refractivity contribution is 5.84. The molecule has 0 saturated carbocycles. The number of rotatable bonds is 7. The van der Waals surface area contributed by atoms with Gasteiger partial charge in [-0.3, -0.25) is 4.79 Å². The average Bonchev–Trinajstić information content (AvgIpc) is 2.65. The first-order valence-electron chi connectivity index (χ1n) is 8.61. The van der Waals surface area contributed by atoms with E-state index < -0.39 is 5.97 Å². The van der Waals surface area contributed by atoms with Crippen LogP contribution in [0.1, 0.15) is 31.0 Å². The molecule has 0 atom stereocenters. The van der Waals surface area contributed by atoms with Crippen LogP contribution < -0.4 is 4.74 Å². The third-order valence-electron chi connectivity index (χ3n) is 4.08. The SMILES string of the molecule is C/C(=C\c1ccc2ccccc2n1)c1cccc(OCCCC(=O)O)c1. The van der Waals surface area contributed by atoms with Crippen LogP contribution in [0.25, 0.3) is 22.6 Å². The molecule has 0 amide bonds. The van der Waals surface area contributed by atoms with Crippen LogP contribution in [0.3, 0.4) is 0 Å². The molecule has 4 nitrogen and oxygen atoms in total. The number of aliphatic carboxylic acids is 1. The number of carbonyl (C=O) groups is 1. The number of hydrogen-bond acceptors (Lipinski definition) is 3. The maximum Gasteiger partial charge on any atom is 0.303 e. The van der Waals surface area contributed by atoms with E-state index in [0.717, 1.165) is 33.5 Å². The van der Waals surface area contributed by atoms with Gasteiger partial charge < -0.3 is 9.84 Å². The van der Waals surface area contributed by atoms with Gasteiger partial charge in [-0.25, -0.2) is 4.98 Å². The summed E-state index contributed by atoms with van der Waals surface area (Å²) in [6, 6.07) is 19.9. The minimum Gasteiger partial charge on any atom is -0.494 e. The Kier molecular flexibility index (Phi) is 5.64. The normalized spacial score (nSPS) is 11.5. The van der Waals surface area contributed by atoms with Crippen molar-refractivity contribution < 1.29 is 14.6 Å². The molecule has 1 heterocycles. The van der Waals surface area contributed by atoms with Gasteiger partial charge in [-0.2, -0.15) is 0 Å². The number of allylic oxidation sites excluding steroid dienone is 1. The Morgan fingerprint density at radius 3 is 2.81 bits per heavy atom. The molecule has 0 aliphatic carbocycles. The molecule has 0 bridgehead atoms. The third-order valence-corrected chi connectivity index (χ3v) is 4.08. The Balaban J connectivity index is 1.73. The van der Waals surface area contributed by atoms with E-state index in [1.165, 1.54) is 0 Å². The molecule has 132 valence electrons. The third kappa shape index (κ3) is 4.70. The summed E-state index contributed by atoms with van der Waals surface area (Å²) in [5.41, 5.74) is 4.03. The first-order chi connectivity index (χ1) is 12.6. The molecule has 3 rings (SSSR count). The van der Waals surface area contributed by atoms with Crippen molar-refractivity contribution >= 4 is 28.5 Å². The van der Waals surface area contributed by atoms with E-state index in [1.54, 1.807) is 0 Å². The molecular formula is C22H21NO3. The standard InChI is InChI=1S/C22H21NO3/c1-16(14-19-12-11-17-6-2-3-9-21(17)23-19)18-7-4-8-20(15-18)26-13-5-10-22(24)25/h2-4,6-9,11-12,14-15H,5,10,13H2,1H3,(H,24,25)/b16-14+. The topological polar surface area (TPSA) is 59.4 Å². The first-order valence-corrected chi connectivity index (χ1v) is 8.61. The fourth-order valence-electron chi connectivity index (χ4n) is 2.71. The second-order valence-electron chi connectivity index (χ2n) is 6.13. The lowest BCUT2D eigenvalue weighted by atomic mass is 10.1. The summed E-state index contributed by atoms with van der Waals surface area (Å²) in [7, 11) is 0. The number of nitrogens with zero attached hydrogens (tertiary/aromatic N) is 1. The number of pyridine rings is 1. The molecule has 0 unspecified atom stereocenters. The van der Waals surface area contributed by atoms with Crippen molar-refractivity contribution in [1.29, 1.82) is 0 Å². The van der Waals surface area contributed by atoms with Crippen molar-refractivity contribution in [2.45, 2.75) is 19.8 Å². The number of para-hydroxylation sites is 1. The van der Waals surface area contributed by atoms with Gasteiger partial charge in [0.2, 0.25) is 0 Å². The Morgan fingerprint density at radius 2 is 1.96 bits per heavy atom. The molecule has 0 radical (unpaired) electrons. The average molecular weight is 347 g/mol. The van der Waals surface area contributed by atoms with Gasteiger partial charge in [-0.05, 0) is 54.8 Å². The minimum atomic E-state index is -0.802. The monoisotopic (exact) mass is 347 g/mol. The minimum absolute atomic E-state index is 0.117. The molecule has 3 aromatic rings. The molecule has 0 fully saturated rings. The highest BCUT2D eigenvalue weighted by atomic mass is 16.5. The lowest BCUT2D eigenvalue weighted by molar-refractivity contribution is -0.137. The number of benzene rings is 2. The largest absolute Gasteiger partial charge is 0.494 e. The van der Waals surface area contributed by atoms with Crippen LogP contribution in [0.2, 0.25) is 0 Å². The molecule has 4 heteroatoms. The van der Waals surface area contributed by atoms with Crippen molar-refractivity contribution in [3.8, 4) is 5.75 Å². The zero-order valence-electron chi connectivity index (χ0n) is 14.7. The molecule has 1 N–H and O–H groups in total. The van der Waals surface area contributed by atoms with Crippen LogP contribution in [0.5, 0.6) is 5.75 Å². The van der Waals surface area contributed by atoms with E-state index in [-0.39, 0.29) is 6.42 Å². The van der Waals surface area contributed by atoms with E-state index in [2.05, 4.69) is 17.1 Å². The van der Waals surface area contributed by atoms with Crippen molar-refractivity contribution in [3.05, 3.63) is 71.9 Å². The van der Waals surface area contributed by atoms with Crippen LogP contribution in [-0.2, 0) is 4.79 Å². The molecule has 2 aromatic carbocycles. The summed E-state index contributed by atoms with van der Waals surface area (Å²) in [5, 5.41) is 9.79. The lowest BCUT2D eigenvalue weighted by Crippen LogP contribution is -2.02. The van der Waals surface area contributed by atoms with E-state index in [1.807, 2.05) is 61.5 Å². The molecule has 0 aliphatic rings. The van der Waals surface area contributed by atoms with Gasteiger partial charge in [-0.1, -0.05) is 36.4 Å². The Hall–Kier alpha value is -3.14. The first kappa shape index (κ1) is 17.7. The summed E-state index contributed by atoms with van der Waals surface area (Å²) < 4.78 is 5.65. The fraction of sp³-hybridized carbons (Fsp3) is 0.182. The number of fused-ring (bicyclic) bond motifs is 1. The predicted molar refractivity (Wildman–Crippen MR) is 104 cm³/mol. The van der Waals surface area contributed by atoms with Crippen LogP contribution >= 0.6 is 0 Å². The summed E-state index contributed by atoms with van der Waals surface area (Å²) in [6.45, 7) is 2.44. The van der Waals surface area contributed by atoms with Gasteiger partial charge in [0.1, 0.15) is 5.75 Å². The van der Waals surface area contributed by atoms with Gasteiger partial charge in [0.25, 0.3) is 0 Å². The Morgan fingerprint density at radius 1 is 1.12 bits per heavy atom. The van der Waals surface area contributed by atoms with Crippen molar-refractivity contribution in [3.63, 3.8) is 0 Å². The van der Waals surface area contributed by atoms with E-state index in [4.69, 9.17) is 9.84 Å². The highest BCUT2D eigenvalue weighted by Crippen LogP contribution is 2.22. The van der Waals surface area contributed by atoms with E-state index >= 15 is 0 Å². The van der Waals surface area contributed by atoms with Gasteiger partial charge in [0.15, 0.2) is 0 Å². The zero-order chi connectivity index (χ0) is 18.4. The lowest BCUT2D eigenvalue weighted by Gasteiger charge is -2.08. The molecule has 26 heavy (non-hydrogen) atoms. The number of hydrogen-bond donors (Lipinski definition) is 1. The molecule has 0 spiro atoms. The van der Waals surface area contributed by atoms with Gasteiger partial charge in [0.05, 0.1) is 17.8 Å². The summed E-state index contributed by atoms with van der Waals surface area (Å²) in [5.74, 6) is -0.0591. The fourth-order valence-corrected chi connectivity index (χ4v) is 2.71. The molecule has 0 saturated heterocycles. The quantitative estimate of drug-likeness (QED) is 0.608. The zero-order valence-corrected chi connectivity index (χ0v) is 14.7. The van der Waals surface area contributed by atoms with Crippen molar-refractivity contribution in [2.24, 2.45) is 0 Å². The summed E-state index contributed by atoms with van der Waals surface area (Å²) in [4.78, 5) is 15.2. The smallest absolute Gasteiger partial charge is 0.303 e. The molecular weight excluding hydrogens is 326 g/mol. The van der Waals surface area contributed by atoms with Crippen LogP contribution in [0, 0.1) is 0 Å². The molecule has 0 aliphatic heterocycles. The summed E-state index contributed by atoms with van der Waals surface area (Å²) in [6.07, 6.45) is 2.66. The second kappa shape index (κ2) is 8.30. The summed E-state index contributed by atoms with van der Waals surface area (Å²) >= 11 is 0. The second-order valence-corrected chi connectivity index (χ2v) is 6.13. The number of ether oxygens (including phenoxy) is 1. The molecule has 1 aromatic heterocycles. The predicted octanol–water partition coefficient (Wildman–Crippen LogP) is 5.04. The van der Waals surface area contributed by atoms with Crippen LogP contribution in [-0.4, -0.2) is 22.7 Å². The van der Waals surface area contributed by atoms with Gasteiger partial charge >= 0.3 is 5.97 Å². The van der Waals surface area contributed by atoms with E-state index in [9.17, 15) is 4.79 Å². The number of carboxylic acid groups (broad SMARTS) is 1. The van der Waals surface area contributed by atoms with E-state index in [0.29, 0.717) is 13.0 Å². The highest BCUT2D eigenvalue weighted by Gasteiger charge is 2.02. The van der Waals surface area contributed by atoms with Crippen LogP contribution in [0.4, 0.5) is 0 Å². The maximum absolute atomic E-state index is 10.5. The van der Waals surface area contributed by atoms with Crippen molar-refractivity contribution in [1.82, 2.24) is 4.98 Å². The van der Waals surface area contributed by atoms with Crippen LogP contribution in [0.15, 0.2) is 60.7 Å². The maximum atomic E-state index is 10.5. The number of aromatic nitrogens is 1. The van der Waals surface area contributed by atoms with Crippen molar-refractivity contribution in [2.75, 3.05) is 6.61 Å². The Bertz CT molecular complexity index is 947. The van der Waals surface area contributed by atoms with Gasteiger partial charge in [0, 0.05) is 11.8 Å².